The van der Waals surface area contributed by atoms with E-state index >= 15 is 0 Å². The van der Waals surface area contributed by atoms with Crippen molar-refractivity contribution in [3.05, 3.63) is 69.2 Å². The summed E-state index contributed by atoms with van der Waals surface area (Å²) in [4.78, 5) is 23.8. The maximum atomic E-state index is 13.9. The second kappa shape index (κ2) is 11.8. The van der Waals surface area contributed by atoms with E-state index in [0.29, 0.717) is 18.2 Å². The lowest BCUT2D eigenvalue weighted by atomic mass is 9.96. The van der Waals surface area contributed by atoms with E-state index in [9.17, 15) is 44.7 Å². The Morgan fingerprint density at radius 2 is 1.64 bits per heavy atom. The Hall–Kier alpha value is -2.96. The van der Waals surface area contributed by atoms with E-state index in [4.69, 9.17) is 0 Å². The molecule has 36 heavy (non-hydrogen) atoms. The number of carbonyl (C=O) groups excluding carboxylic acids is 2. The van der Waals surface area contributed by atoms with Gasteiger partial charge in [-0.1, -0.05) is 34.1 Å². The van der Waals surface area contributed by atoms with Crippen molar-refractivity contribution in [2.45, 2.75) is 31.1 Å². The van der Waals surface area contributed by atoms with E-state index < -0.39 is 72.3 Å². The number of benzene rings is 2. The minimum Gasteiger partial charge on any atom is -0.491 e. The standard InChI is InChI=1S/C23H18BrF8NO3/c1-36-21-17(25)9-13(10-18(21)26)15(23(30,31)32)5-3-12-2-4-14(16(24)8-12)19(34)6-7-20(35)33-11-22(27,28)29/h2-5,8-10,15H,6-7,11H2,1H3,(H,33,35)/b5-3+. The summed E-state index contributed by atoms with van der Waals surface area (Å²) >= 11 is 3.10. The summed E-state index contributed by atoms with van der Waals surface area (Å²) in [5, 5.41) is 1.64. The Balaban J connectivity index is 2.17. The molecule has 1 N–H and O–H groups in total. The number of Topliss-reactive ketones (excluding diaryl/α,β-unsaturated/α-hetero) is 1. The summed E-state index contributed by atoms with van der Waals surface area (Å²) in [5.74, 6) is -7.33. The Bertz CT molecular complexity index is 1120. The Morgan fingerprint density at radius 3 is 2.14 bits per heavy atom. The highest BCUT2D eigenvalue weighted by Gasteiger charge is 2.39. The van der Waals surface area contributed by atoms with Crippen LogP contribution in [-0.4, -0.2) is 37.7 Å². The van der Waals surface area contributed by atoms with Gasteiger partial charge in [-0.25, -0.2) is 8.78 Å². The average Bonchev–Trinajstić information content (AvgIpc) is 2.74. The molecule has 0 aliphatic heterocycles. The molecular formula is C23H18BrF8NO3. The molecule has 1 amide bonds. The van der Waals surface area contributed by atoms with Crippen LogP contribution >= 0.6 is 15.9 Å². The molecule has 196 valence electrons. The second-order valence-electron chi connectivity index (χ2n) is 7.45. The fourth-order valence-electron chi connectivity index (χ4n) is 3.08. The van der Waals surface area contributed by atoms with Crippen LogP contribution < -0.4 is 10.1 Å². The van der Waals surface area contributed by atoms with Gasteiger partial charge in [-0.3, -0.25) is 9.59 Å². The second-order valence-corrected chi connectivity index (χ2v) is 8.30. The van der Waals surface area contributed by atoms with Crippen molar-refractivity contribution in [1.82, 2.24) is 5.32 Å². The number of hydrogen-bond acceptors (Lipinski definition) is 3. The van der Waals surface area contributed by atoms with Crippen LogP contribution in [0.1, 0.15) is 40.2 Å². The highest BCUT2D eigenvalue weighted by Crippen LogP contribution is 2.38. The molecule has 1 atom stereocenters. The maximum Gasteiger partial charge on any atom is 0.405 e. The van der Waals surface area contributed by atoms with Gasteiger partial charge in [0.25, 0.3) is 0 Å². The third-order valence-corrected chi connectivity index (χ3v) is 5.43. The molecule has 13 heteroatoms. The summed E-state index contributed by atoms with van der Waals surface area (Å²) in [6.07, 6.45) is -8.64. The molecule has 0 saturated carbocycles. The monoisotopic (exact) mass is 587 g/mol. The van der Waals surface area contributed by atoms with Gasteiger partial charge in [0.1, 0.15) is 6.54 Å². The first-order valence-electron chi connectivity index (χ1n) is 10.1. The zero-order chi connectivity index (χ0) is 27.3. The van der Waals surface area contributed by atoms with Gasteiger partial charge >= 0.3 is 12.4 Å². The molecule has 4 nitrogen and oxygen atoms in total. The van der Waals surface area contributed by atoms with Gasteiger partial charge in [-0.05, 0) is 35.4 Å². The Labute approximate surface area is 208 Å². The number of methoxy groups -OCH3 is 1. The molecule has 1 unspecified atom stereocenters. The molecule has 0 aliphatic rings. The number of rotatable bonds is 9. The van der Waals surface area contributed by atoms with Crippen LogP contribution in [0, 0.1) is 11.6 Å². The minimum atomic E-state index is -4.89. The van der Waals surface area contributed by atoms with Crippen LogP contribution in [0.25, 0.3) is 6.08 Å². The van der Waals surface area contributed by atoms with E-state index in [-0.39, 0.29) is 15.6 Å². The lowest BCUT2D eigenvalue weighted by Crippen LogP contribution is -2.33. The summed E-state index contributed by atoms with van der Waals surface area (Å²) < 4.78 is 110. The number of halogens is 9. The fraction of sp³-hybridized carbons (Fsp3) is 0.304. The van der Waals surface area contributed by atoms with Gasteiger partial charge in [0.05, 0.1) is 13.0 Å². The summed E-state index contributed by atoms with van der Waals surface area (Å²) in [5.41, 5.74) is -0.434. The van der Waals surface area contributed by atoms with Crippen LogP contribution in [-0.2, 0) is 4.79 Å². The first-order chi connectivity index (χ1) is 16.6. The van der Waals surface area contributed by atoms with Gasteiger partial charge in [0.2, 0.25) is 5.91 Å². The molecule has 0 radical (unpaired) electrons. The SMILES string of the molecule is COc1c(F)cc(C(/C=C/c2ccc(C(=O)CCC(=O)NCC(F)(F)F)c(Br)c2)C(F)(F)F)cc1F. The number of alkyl halides is 6. The van der Waals surface area contributed by atoms with Gasteiger partial charge in [-0.2, -0.15) is 26.3 Å². The molecule has 0 saturated heterocycles. The molecule has 0 aromatic heterocycles. The van der Waals surface area contributed by atoms with Crippen molar-refractivity contribution in [2.24, 2.45) is 0 Å². The zero-order valence-corrected chi connectivity index (χ0v) is 20.0. The smallest absolute Gasteiger partial charge is 0.405 e. The number of ether oxygens (including phenoxy) is 1. The molecule has 0 aliphatic carbocycles. The third-order valence-electron chi connectivity index (χ3n) is 4.78. The molecule has 2 rings (SSSR count). The largest absolute Gasteiger partial charge is 0.491 e. The number of allylic oxidation sites excluding steroid dienone is 1. The number of carbonyl (C=O) groups is 2. The van der Waals surface area contributed by atoms with E-state index in [1.54, 1.807) is 5.32 Å². The number of nitrogens with one attached hydrogen (secondary N) is 1. The van der Waals surface area contributed by atoms with E-state index in [1.807, 2.05) is 0 Å². The molecule has 0 bridgehead atoms. The van der Waals surface area contributed by atoms with Crippen LogP contribution in [0.5, 0.6) is 5.75 Å². The summed E-state index contributed by atoms with van der Waals surface area (Å²) in [6.45, 7) is -1.53. The molecule has 0 fully saturated rings. The quantitative estimate of drug-likeness (QED) is 0.261. The predicted octanol–water partition coefficient (Wildman–Crippen LogP) is 6.74. The first-order valence-corrected chi connectivity index (χ1v) is 10.9. The van der Waals surface area contributed by atoms with E-state index in [2.05, 4.69) is 20.7 Å². The predicted molar refractivity (Wildman–Crippen MR) is 118 cm³/mol. The molecule has 0 heterocycles. The van der Waals surface area contributed by atoms with Crippen molar-refractivity contribution in [1.29, 1.82) is 0 Å². The van der Waals surface area contributed by atoms with Crippen LogP contribution in [0.2, 0.25) is 0 Å². The number of ketones is 1. The Morgan fingerprint density at radius 1 is 1.03 bits per heavy atom. The lowest BCUT2D eigenvalue weighted by molar-refractivity contribution is -0.139. The molecular weight excluding hydrogens is 570 g/mol. The number of hydrogen-bond donors (Lipinski definition) is 1. The Kier molecular flexibility index (Phi) is 9.64. The topological polar surface area (TPSA) is 55.4 Å². The van der Waals surface area contributed by atoms with Gasteiger partial charge in [0, 0.05) is 22.9 Å². The highest BCUT2D eigenvalue weighted by molar-refractivity contribution is 9.10. The minimum absolute atomic E-state index is 0.0578. The zero-order valence-electron chi connectivity index (χ0n) is 18.4. The fourth-order valence-corrected chi connectivity index (χ4v) is 3.70. The molecule has 2 aromatic carbocycles. The summed E-state index contributed by atoms with van der Waals surface area (Å²) in [6, 6.07) is 4.89. The first kappa shape index (κ1) is 29.3. The average molecular weight is 588 g/mol. The molecule has 0 spiro atoms. The normalized spacial score (nSPS) is 13.1. The van der Waals surface area contributed by atoms with Crippen LogP contribution in [0.15, 0.2) is 40.9 Å². The van der Waals surface area contributed by atoms with Crippen molar-refractivity contribution >= 4 is 33.7 Å². The van der Waals surface area contributed by atoms with Crippen molar-refractivity contribution < 1.29 is 49.4 Å². The maximum absolute atomic E-state index is 13.9. The van der Waals surface area contributed by atoms with Gasteiger partial charge < -0.3 is 10.1 Å². The third kappa shape index (κ3) is 8.32. The van der Waals surface area contributed by atoms with Crippen LogP contribution in [0.4, 0.5) is 35.1 Å². The molecule has 2 aromatic rings. The van der Waals surface area contributed by atoms with Gasteiger partial charge in [0.15, 0.2) is 23.2 Å². The lowest BCUT2D eigenvalue weighted by Gasteiger charge is -2.18. The highest BCUT2D eigenvalue weighted by atomic mass is 79.9. The summed E-state index contributed by atoms with van der Waals surface area (Å²) in [7, 11) is 0.970. The van der Waals surface area contributed by atoms with E-state index in [1.165, 1.54) is 18.2 Å². The van der Waals surface area contributed by atoms with E-state index in [0.717, 1.165) is 13.2 Å². The van der Waals surface area contributed by atoms with Gasteiger partial charge in [-0.15, -0.1) is 0 Å². The number of amides is 1. The van der Waals surface area contributed by atoms with Crippen molar-refractivity contribution in [3.8, 4) is 5.75 Å². The van der Waals surface area contributed by atoms with Crippen LogP contribution in [0.3, 0.4) is 0 Å². The van der Waals surface area contributed by atoms with Crippen molar-refractivity contribution in [2.75, 3.05) is 13.7 Å². The van der Waals surface area contributed by atoms with Crippen molar-refractivity contribution in [3.63, 3.8) is 0 Å².